The second-order valence-corrected chi connectivity index (χ2v) is 7.47. The lowest BCUT2D eigenvalue weighted by molar-refractivity contribution is -0.118. The van der Waals surface area contributed by atoms with Crippen LogP contribution in [0, 0.1) is 0 Å². The summed E-state index contributed by atoms with van der Waals surface area (Å²) in [4.78, 5) is 12.1. The standard InChI is InChI=1S/C18H21NO5S/c1-3-12-23-15-6-8-16(9-7-15)24-13-18(20)19-14-4-10-17(11-5-14)25(2,21)22/h4-11H,3,12-13H2,1-2H3,(H,19,20). The normalized spacial score (nSPS) is 11.0. The lowest BCUT2D eigenvalue weighted by Gasteiger charge is -2.09. The lowest BCUT2D eigenvalue weighted by atomic mass is 10.3. The Bertz CT molecular complexity index is 798. The Balaban J connectivity index is 1.84. The summed E-state index contributed by atoms with van der Waals surface area (Å²) in [5.74, 6) is 0.981. The molecule has 1 N–H and O–H groups in total. The fourth-order valence-corrected chi connectivity index (χ4v) is 2.61. The van der Waals surface area contributed by atoms with Crippen molar-refractivity contribution >= 4 is 21.4 Å². The van der Waals surface area contributed by atoms with Gasteiger partial charge in [0.05, 0.1) is 11.5 Å². The molecule has 0 fully saturated rings. The van der Waals surface area contributed by atoms with Crippen LogP contribution in [0.15, 0.2) is 53.4 Å². The second kappa shape index (κ2) is 8.53. The first-order valence-corrected chi connectivity index (χ1v) is 9.73. The molecular formula is C18H21NO5S. The van der Waals surface area contributed by atoms with Crippen molar-refractivity contribution in [3.05, 3.63) is 48.5 Å². The van der Waals surface area contributed by atoms with Crippen LogP contribution in [0.3, 0.4) is 0 Å². The molecule has 0 radical (unpaired) electrons. The molecule has 7 heteroatoms. The summed E-state index contributed by atoms with van der Waals surface area (Å²) in [6, 6.07) is 13.0. The summed E-state index contributed by atoms with van der Waals surface area (Å²) >= 11 is 0. The zero-order valence-corrected chi connectivity index (χ0v) is 15.0. The molecule has 0 atom stereocenters. The maximum absolute atomic E-state index is 11.9. The van der Waals surface area contributed by atoms with Gasteiger partial charge in [-0.05, 0) is 55.0 Å². The van der Waals surface area contributed by atoms with Crippen LogP contribution in [0.1, 0.15) is 13.3 Å². The van der Waals surface area contributed by atoms with Crippen LogP contribution in [-0.2, 0) is 14.6 Å². The molecule has 2 rings (SSSR count). The van der Waals surface area contributed by atoms with Crippen LogP contribution in [0.25, 0.3) is 0 Å². The second-order valence-electron chi connectivity index (χ2n) is 5.45. The minimum absolute atomic E-state index is 0.150. The molecule has 0 saturated heterocycles. The number of hydrogen-bond acceptors (Lipinski definition) is 5. The minimum atomic E-state index is -3.25. The number of carbonyl (C=O) groups is 1. The smallest absolute Gasteiger partial charge is 0.262 e. The van der Waals surface area contributed by atoms with Crippen molar-refractivity contribution in [2.24, 2.45) is 0 Å². The Morgan fingerprint density at radius 2 is 1.52 bits per heavy atom. The highest BCUT2D eigenvalue weighted by Crippen LogP contribution is 2.18. The van der Waals surface area contributed by atoms with E-state index in [4.69, 9.17) is 9.47 Å². The van der Waals surface area contributed by atoms with E-state index in [0.29, 0.717) is 18.0 Å². The maximum Gasteiger partial charge on any atom is 0.262 e. The van der Waals surface area contributed by atoms with Gasteiger partial charge in [0.25, 0.3) is 5.91 Å². The minimum Gasteiger partial charge on any atom is -0.494 e. The Hall–Kier alpha value is -2.54. The van der Waals surface area contributed by atoms with Crippen molar-refractivity contribution in [1.29, 1.82) is 0 Å². The highest BCUT2D eigenvalue weighted by molar-refractivity contribution is 7.90. The summed E-state index contributed by atoms with van der Waals surface area (Å²) in [6.45, 7) is 2.54. The fraction of sp³-hybridized carbons (Fsp3) is 0.278. The third kappa shape index (κ3) is 6.11. The molecule has 0 saturated carbocycles. The van der Waals surface area contributed by atoms with Crippen LogP contribution in [0.5, 0.6) is 11.5 Å². The van der Waals surface area contributed by atoms with E-state index in [1.54, 1.807) is 24.3 Å². The van der Waals surface area contributed by atoms with E-state index in [-0.39, 0.29) is 17.4 Å². The number of nitrogens with one attached hydrogen (secondary N) is 1. The van der Waals surface area contributed by atoms with E-state index in [1.807, 2.05) is 6.92 Å². The van der Waals surface area contributed by atoms with E-state index in [1.165, 1.54) is 24.3 Å². The number of anilines is 1. The van der Waals surface area contributed by atoms with Crippen LogP contribution in [0.4, 0.5) is 5.69 Å². The van der Waals surface area contributed by atoms with Crippen LogP contribution in [0.2, 0.25) is 0 Å². The highest BCUT2D eigenvalue weighted by Gasteiger charge is 2.08. The molecule has 0 unspecified atom stereocenters. The fourth-order valence-electron chi connectivity index (χ4n) is 1.98. The number of carbonyl (C=O) groups excluding carboxylic acids is 1. The molecule has 2 aromatic rings. The number of amides is 1. The van der Waals surface area contributed by atoms with E-state index in [0.717, 1.165) is 18.4 Å². The topological polar surface area (TPSA) is 81.7 Å². The number of sulfone groups is 1. The summed E-state index contributed by atoms with van der Waals surface area (Å²) in [5.41, 5.74) is 0.504. The van der Waals surface area contributed by atoms with Crippen molar-refractivity contribution in [2.45, 2.75) is 18.2 Å². The zero-order chi connectivity index (χ0) is 18.3. The van der Waals surface area contributed by atoms with Gasteiger partial charge in [-0.1, -0.05) is 6.92 Å². The van der Waals surface area contributed by atoms with Gasteiger partial charge in [-0.15, -0.1) is 0 Å². The maximum atomic E-state index is 11.9. The summed E-state index contributed by atoms with van der Waals surface area (Å²) in [5, 5.41) is 2.65. The van der Waals surface area contributed by atoms with Gasteiger partial charge < -0.3 is 14.8 Å². The quantitative estimate of drug-likeness (QED) is 0.780. The Kier molecular flexibility index (Phi) is 6.41. The van der Waals surface area contributed by atoms with E-state index in [2.05, 4.69) is 5.32 Å². The molecule has 0 spiro atoms. The molecule has 1 amide bonds. The molecule has 25 heavy (non-hydrogen) atoms. The van der Waals surface area contributed by atoms with Crippen molar-refractivity contribution in [3.63, 3.8) is 0 Å². The average Bonchev–Trinajstić information content (AvgIpc) is 2.59. The Labute approximate surface area is 147 Å². The van der Waals surface area contributed by atoms with Gasteiger partial charge in [0.15, 0.2) is 16.4 Å². The van der Waals surface area contributed by atoms with Gasteiger partial charge in [0.2, 0.25) is 0 Å². The molecule has 0 aliphatic heterocycles. The molecule has 0 heterocycles. The van der Waals surface area contributed by atoms with Gasteiger partial charge in [-0.25, -0.2) is 8.42 Å². The van der Waals surface area contributed by atoms with Crippen LogP contribution in [-0.4, -0.2) is 33.8 Å². The predicted molar refractivity (Wildman–Crippen MR) is 95.9 cm³/mol. The van der Waals surface area contributed by atoms with Crippen molar-refractivity contribution in [3.8, 4) is 11.5 Å². The SMILES string of the molecule is CCCOc1ccc(OCC(=O)Nc2ccc(S(C)(=O)=O)cc2)cc1. The number of ether oxygens (including phenoxy) is 2. The highest BCUT2D eigenvalue weighted by atomic mass is 32.2. The van der Waals surface area contributed by atoms with Crippen molar-refractivity contribution in [1.82, 2.24) is 0 Å². The Morgan fingerprint density at radius 1 is 0.960 bits per heavy atom. The lowest BCUT2D eigenvalue weighted by Crippen LogP contribution is -2.20. The summed E-state index contributed by atoms with van der Waals surface area (Å²) < 4.78 is 33.7. The van der Waals surface area contributed by atoms with Crippen LogP contribution >= 0.6 is 0 Å². The first-order valence-electron chi connectivity index (χ1n) is 7.84. The molecule has 6 nitrogen and oxygen atoms in total. The Morgan fingerprint density at radius 3 is 2.04 bits per heavy atom. The molecule has 0 aliphatic carbocycles. The largest absolute Gasteiger partial charge is 0.494 e. The first-order chi connectivity index (χ1) is 11.9. The van der Waals surface area contributed by atoms with Gasteiger partial charge in [-0.2, -0.15) is 0 Å². The molecule has 0 aromatic heterocycles. The van der Waals surface area contributed by atoms with E-state index in [9.17, 15) is 13.2 Å². The van der Waals surface area contributed by atoms with Gasteiger partial charge in [0, 0.05) is 11.9 Å². The molecule has 134 valence electrons. The van der Waals surface area contributed by atoms with E-state index < -0.39 is 9.84 Å². The summed E-state index contributed by atoms with van der Waals surface area (Å²) in [6.07, 6.45) is 2.07. The number of hydrogen-bond donors (Lipinski definition) is 1. The molecular weight excluding hydrogens is 342 g/mol. The predicted octanol–water partition coefficient (Wildman–Crippen LogP) is 2.90. The third-order valence-electron chi connectivity index (χ3n) is 3.23. The van der Waals surface area contributed by atoms with Gasteiger partial charge in [0.1, 0.15) is 11.5 Å². The zero-order valence-electron chi connectivity index (χ0n) is 14.2. The number of rotatable bonds is 8. The van der Waals surface area contributed by atoms with Gasteiger partial charge in [-0.3, -0.25) is 4.79 Å². The first kappa shape index (κ1) is 18.8. The molecule has 0 aliphatic rings. The van der Waals surface area contributed by atoms with E-state index >= 15 is 0 Å². The third-order valence-corrected chi connectivity index (χ3v) is 4.36. The summed E-state index contributed by atoms with van der Waals surface area (Å²) in [7, 11) is -3.25. The molecule has 2 aromatic carbocycles. The average molecular weight is 363 g/mol. The van der Waals surface area contributed by atoms with Gasteiger partial charge >= 0.3 is 0 Å². The monoisotopic (exact) mass is 363 g/mol. The number of benzene rings is 2. The molecule has 0 bridgehead atoms. The van der Waals surface area contributed by atoms with Crippen LogP contribution < -0.4 is 14.8 Å². The van der Waals surface area contributed by atoms with Crippen molar-refractivity contribution < 1.29 is 22.7 Å². The van der Waals surface area contributed by atoms with Crippen molar-refractivity contribution in [2.75, 3.05) is 24.8 Å².